The fraction of sp³-hybridized carbons (Fsp3) is 0.0476. The van der Waals surface area contributed by atoms with Gasteiger partial charge >= 0.3 is 6.18 Å². The molecule has 3 rings (SSSR count). The molecule has 152 valence electrons. The maximum atomic E-state index is 13.2. The topological polar surface area (TPSA) is 66.0 Å². The van der Waals surface area contributed by atoms with Crippen LogP contribution in [0.25, 0.3) is 17.4 Å². The lowest BCUT2D eigenvalue weighted by Gasteiger charge is -2.09. The lowest BCUT2D eigenvalue weighted by molar-refractivity contribution is -0.137. The van der Waals surface area contributed by atoms with E-state index in [0.717, 1.165) is 30.3 Å². The van der Waals surface area contributed by atoms with E-state index in [9.17, 15) is 27.6 Å². The average Bonchev–Trinajstić information content (AvgIpc) is 3.14. The molecule has 0 fully saturated rings. The van der Waals surface area contributed by atoms with Crippen molar-refractivity contribution in [3.05, 3.63) is 82.3 Å². The van der Waals surface area contributed by atoms with Crippen LogP contribution >= 0.6 is 11.6 Å². The maximum Gasteiger partial charge on any atom is 0.416 e. The van der Waals surface area contributed by atoms with Crippen molar-refractivity contribution in [1.82, 2.24) is 0 Å². The zero-order valence-corrected chi connectivity index (χ0v) is 15.7. The number of nitrogens with zero attached hydrogens (tertiary/aromatic N) is 1. The minimum absolute atomic E-state index is 0.00821. The first-order valence-corrected chi connectivity index (χ1v) is 8.71. The second-order valence-electron chi connectivity index (χ2n) is 6.03. The number of nitrogens with one attached hydrogen (secondary N) is 1. The van der Waals surface area contributed by atoms with Crippen LogP contribution in [0.5, 0.6) is 0 Å². The molecule has 4 nitrogen and oxygen atoms in total. The molecular formula is C21H11ClF4N2O2. The summed E-state index contributed by atoms with van der Waals surface area (Å²) < 4.78 is 57.5. The first-order chi connectivity index (χ1) is 14.2. The van der Waals surface area contributed by atoms with Crippen LogP contribution in [0.15, 0.2) is 64.6 Å². The van der Waals surface area contributed by atoms with E-state index in [1.165, 1.54) is 30.3 Å². The minimum Gasteiger partial charge on any atom is -0.457 e. The third kappa shape index (κ3) is 4.88. The van der Waals surface area contributed by atoms with Crippen molar-refractivity contribution in [3.63, 3.8) is 0 Å². The smallest absolute Gasteiger partial charge is 0.416 e. The number of hydrogen-bond acceptors (Lipinski definition) is 3. The van der Waals surface area contributed by atoms with Crippen molar-refractivity contribution in [2.45, 2.75) is 6.18 Å². The van der Waals surface area contributed by atoms with Crippen LogP contribution in [0, 0.1) is 17.1 Å². The molecule has 0 aliphatic carbocycles. The van der Waals surface area contributed by atoms with Gasteiger partial charge in [-0.1, -0.05) is 17.7 Å². The van der Waals surface area contributed by atoms with Gasteiger partial charge in [0.2, 0.25) is 0 Å². The molecule has 3 aromatic rings. The number of anilines is 1. The summed E-state index contributed by atoms with van der Waals surface area (Å²) in [5.74, 6) is -1.30. The van der Waals surface area contributed by atoms with Gasteiger partial charge in [-0.2, -0.15) is 18.4 Å². The number of carbonyl (C=O) groups is 1. The van der Waals surface area contributed by atoms with Gasteiger partial charge in [0.1, 0.15) is 29.0 Å². The molecule has 30 heavy (non-hydrogen) atoms. The van der Waals surface area contributed by atoms with E-state index in [1.54, 1.807) is 6.07 Å². The molecular weight excluding hydrogens is 424 g/mol. The number of hydrogen-bond donors (Lipinski definition) is 1. The first-order valence-electron chi connectivity index (χ1n) is 8.33. The SMILES string of the molecule is N#C/C(=C\c1ccc(-c2cc(C(F)(F)F)ccc2Cl)o1)C(=O)Nc1cccc(F)c1. The van der Waals surface area contributed by atoms with Gasteiger partial charge in [-0.15, -0.1) is 0 Å². The zero-order chi connectivity index (χ0) is 21.9. The number of carbonyl (C=O) groups excluding carboxylic acids is 1. The van der Waals surface area contributed by atoms with Crippen LogP contribution < -0.4 is 5.32 Å². The summed E-state index contributed by atoms with van der Waals surface area (Å²) in [6.45, 7) is 0. The molecule has 1 amide bonds. The fourth-order valence-electron chi connectivity index (χ4n) is 2.52. The van der Waals surface area contributed by atoms with Crippen molar-refractivity contribution in [3.8, 4) is 17.4 Å². The van der Waals surface area contributed by atoms with E-state index in [4.69, 9.17) is 16.0 Å². The van der Waals surface area contributed by atoms with Crippen LogP contribution in [-0.2, 0) is 11.0 Å². The summed E-state index contributed by atoms with van der Waals surface area (Å²) >= 11 is 5.99. The molecule has 9 heteroatoms. The summed E-state index contributed by atoms with van der Waals surface area (Å²) in [5, 5.41) is 11.7. The van der Waals surface area contributed by atoms with Gasteiger partial charge < -0.3 is 9.73 Å². The Bertz CT molecular complexity index is 1180. The van der Waals surface area contributed by atoms with Crippen molar-refractivity contribution >= 4 is 29.3 Å². The van der Waals surface area contributed by atoms with E-state index in [0.29, 0.717) is 0 Å². The Balaban J connectivity index is 1.87. The third-order valence-corrected chi connectivity index (χ3v) is 4.25. The van der Waals surface area contributed by atoms with Crippen LogP contribution in [0.1, 0.15) is 11.3 Å². The number of rotatable bonds is 4. The van der Waals surface area contributed by atoms with E-state index < -0.39 is 23.5 Å². The molecule has 1 heterocycles. The number of alkyl halides is 3. The molecule has 1 N–H and O–H groups in total. The Hall–Kier alpha value is -3.57. The largest absolute Gasteiger partial charge is 0.457 e. The highest BCUT2D eigenvalue weighted by Crippen LogP contribution is 2.36. The first kappa shape index (κ1) is 21.1. The predicted octanol–water partition coefficient (Wildman–Crippen LogP) is 6.30. The van der Waals surface area contributed by atoms with Crippen molar-refractivity contribution in [2.75, 3.05) is 5.32 Å². The summed E-state index contributed by atoms with van der Waals surface area (Å²) in [4.78, 5) is 12.2. The molecule has 0 radical (unpaired) electrons. The van der Waals surface area contributed by atoms with E-state index in [1.807, 2.05) is 0 Å². The third-order valence-electron chi connectivity index (χ3n) is 3.92. The fourth-order valence-corrected chi connectivity index (χ4v) is 2.73. The molecule has 0 atom stereocenters. The van der Waals surface area contributed by atoms with Crippen LogP contribution in [0.4, 0.5) is 23.2 Å². The molecule has 0 aliphatic heterocycles. The van der Waals surface area contributed by atoms with E-state index in [2.05, 4.69) is 5.32 Å². The Morgan fingerprint density at radius 2 is 1.90 bits per heavy atom. The molecule has 0 unspecified atom stereocenters. The van der Waals surface area contributed by atoms with Gasteiger partial charge in [0.05, 0.1) is 10.6 Å². The molecule has 0 saturated heterocycles. The lowest BCUT2D eigenvalue weighted by Crippen LogP contribution is -2.13. The van der Waals surface area contributed by atoms with Crippen LogP contribution in [0.3, 0.4) is 0 Å². The standard InChI is InChI=1S/C21H11ClF4N2O2/c22-18-6-4-13(21(24,25)26)9-17(18)19-7-5-16(30-19)8-12(11-27)20(29)28-15-3-1-2-14(23)10-15/h1-10H,(H,28,29)/b12-8+. The molecule has 0 aliphatic rings. The van der Waals surface area contributed by atoms with Gasteiger partial charge in [0, 0.05) is 17.3 Å². The Morgan fingerprint density at radius 3 is 2.57 bits per heavy atom. The number of benzene rings is 2. The number of amides is 1. The highest BCUT2D eigenvalue weighted by molar-refractivity contribution is 6.33. The van der Waals surface area contributed by atoms with Gasteiger partial charge in [-0.05, 0) is 48.5 Å². The Kier molecular flexibility index (Phi) is 5.94. The average molecular weight is 435 g/mol. The maximum absolute atomic E-state index is 13.2. The normalized spacial score (nSPS) is 11.8. The highest BCUT2D eigenvalue weighted by Gasteiger charge is 2.31. The predicted molar refractivity (Wildman–Crippen MR) is 103 cm³/mol. The van der Waals surface area contributed by atoms with E-state index in [-0.39, 0.29) is 33.4 Å². The Labute approximate surface area is 173 Å². The number of nitriles is 1. The minimum atomic E-state index is -4.56. The van der Waals surface area contributed by atoms with Crippen LogP contribution in [-0.4, -0.2) is 5.91 Å². The summed E-state index contributed by atoms with van der Waals surface area (Å²) in [5.41, 5.74) is -1.09. The van der Waals surface area contributed by atoms with Crippen LogP contribution in [0.2, 0.25) is 5.02 Å². The molecule has 0 saturated carbocycles. The van der Waals surface area contributed by atoms with Gasteiger partial charge in [-0.25, -0.2) is 4.39 Å². The zero-order valence-electron chi connectivity index (χ0n) is 14.9. The quantitative estimate of drug-likeness (QED) is 0.297. The summed E-state index contributed by atoms with van der Waals surface area (Å²) in [7, 11) is 0. The number of furan rings is 1. The van der Waals surface area contributed by atoms with E-state index >= 15 is 0 Å². The van der Waals surface area contributed by atoms with Gasteiger partial charge in [0.25, 0.3) is 5.91 Å². The monoisotopic (exact) mass is 434 g/mol. The van der Waals surface area contributed by atoms with Crippen molar-refractivity contribution in [2.24, 2.45) is 0 Å². The van der Waals surface area contributed by atoms with Crippen molar-refractivity contribution < 1.29 is 26.8 Å². The lowest BCUT2D eigenvalue weighted by atomic mass is 10.1. The van der Waals surface area contributed by atoms with Gasteiger partial charge in [0.15, 0.2) is 0 Å². The van der Waals surface area contributed by atoms with Gasteiger partial charge in [-0.3, -0.25) is 4.79 Å². The molecule has 1 aromatic heterocycles. The van der Waals surface area contributed by atoms with Crippen molar-refractivity contribution in [1.29, 1.82) is 5.26 Å². The molecule has 0 spiro atoms. The second kappa shape index (κ2) is 8.43. The second-order valence-corrected chi connectivity index (χ2v) is 6.44. The summed E-state index contributed by atoms with van der Waals surface area (Å²) in [6, 6.07) is 12.3. The number of halogens is 5. The Morgan fingerprint density at radius 1 is 1.13 bits per heavy atom. The molecule has 0 bridgehead atoms. The summed E-state index contributed by atoms with van der Waals surface area (Å²) in [6.07, 6.45) is -3.45. The molecule has 2 aromatic carbocycles. The highest BCUT2D eigenvalue weighted by atomic mass is 35.5.